The minimum absolute atomic E-state index is 0. The van der Waals surface area contributed by atoms with E-state index >= 15 is 0 Å². The molecule has 0 aliphatic carbocycles. The van der Waals surface area contributed by atoms with Gasteiger partial charge in [0, 0.05) is 23.3 Å². The molecule has 0 spiro atoms. The maximum Gasteiger partial charge on any atom is 0.251 e. The summed E-state index contributed by atoms with van der Waals surface area (Å²) in [6.07, 6.45) is 6.14. The van der Waals surface area contributed by atoms with Crippen LogP contribution in [-0.4, -0.2) is 61.0 Å². The van der Waals surface area contributed by atoms with Gasteiger partial charge in [0.1, 0.15) is 0 Å². The quantitative estimate of drug-likeness (QED) is 0.685. The predicted molar refractivity (Wildman–Crippen MR) is 125 cm³/mol. The Morgan fingerprint density at radius 1 is 1.07 bits per heavy atom. The minimum atomic E-state index is 0. The summed E-state index contributed by atoms with van der Waals surface area (Å²) in [5.74, 6) is 0.000104. The Kier molecular flexibility index (Phi) is 11.8. The summed E-state index contributed by atoms with van der Waals surface area (Å²) in [6, 6.07) is 5.55. The van der Waals surface area contributed by atoms with Gasteiger partial charge in [0.05, 0.1) is 0 Å². The van der Waals surface area contributed by atoms with Crippen LogP contribution in [0.1, 0.15) is 48.0 Å². The second kappa shape index (κ2) is 12.1. The molecule has 2 fully saturated rings. The SMILES string of the molecule is Cc1ccc(N)cc1C(=O)NCC1(N2CCCCC2)CCN(C)CC1.Cl.Cl.Cl. The van der Waals surface area contributed by atoms with Gasteiger partial charge in [-0.25, -0.2) is 0 Å². The second-order valence-corrected chi connectivity index (χ2v) is 7.83. The number of nitrogens with two attached hydrogens (primary N) is 1. The Morgan fingerprint density at radius 3 is 2.29 bits per heavy atom. The van der Waals surface area contributed by atoms with Crippen LogP contribution in [0.5, 0.6) is 0 Å². The number of piperidine rings is 2. The lowest BCUT2D eigenvalue weighted by molar-refractivity contribution is 0.0145. The lowest BCUT2D eigenvalue weighted by Crippen LogP contribution is -2.61. The molecule has 2 saturated heterocycles. The minimum Gasteiger partial charge on any atom is -0.399 e. The Morgan fingerprint density at radius 2 is 1.68 bits per heavy atom. The number of halogens is 3. The fraction of sp³-hybridized carbons (Fsp3) is 0.650. The van der Waals surface area contributed by atoms with E-state index < -0.39 is 0 Å². The van der Waals surface area contributed by atoms with E-state index in [0.717, 1.165) is 51.1 Å². The van der Waals surface area contributed by atoms with Crippen LogP contribution in [0.3, 0.4) is 0 Å². The third kappa shape index (κ3) is 6.39. The first-order chi connectivity index (χ1) is 12.0. The first-order valence-electron chi connectivity index (χ1n) is 9.58. The molecular weight excluding hydrogens is 419 g/mol. The molecule has 2 aliphatic rings. The van der Waals surface area contributed by atoms with Crippen molar-refractivity contribution in [3.63, 3.8) is 0 Å². The topological polar surface area (TPSA) is 61.6 Å². The number of nitrogens with one attached hydrogen (secondary N) is 1. The number of carbonyl (C=O) groups excluding carboxylic acids is 1. The average molecular weight is 454 g/mol. The Hall–Kier alpha value is -0.720. The third-order valence-corrected chi connectivity index (χ3v) is 6.03. The zero-order chi connectivity index (χ0) is 17.9. The molecule has 0 radical (unpaired) electrons. The van der Waals surface area contributed by atoms with E-state index in [0.29, 0.717) is 11.3 Å². The van der Waals surface area contributed by atoms with Crippen molar-refractivity contribution in [2.45, 2.75) is 44.6 Å². The largest absolute Gasteiger partial charge is 0.399 e. The molecule has 1 amide bonds. The maximum atomic E-state index is 12.8. The highest BCUT2D eigenvalue weighted by Gasteiger charge is 2.39. The molecule has 28 heavy (non-hydrogen) atoms. The van der Waals surface area contributed by atoms with E-state index in [1.807, 2.05) is 19.1 Å². The molecule has 0 atom stereocenters. The standard InChI is InChI=1S/C20H32N4O.3ClH/c1-16-6-7-17(21)14-18(16)19(25)22-15-20(8-12-23(2)13-9-20)24-10-4-3-5-11-24;;;/h6-7,14H,3-5,8-13,15,21H2,1-2H3,(H,22,25);3*1H. The Bertz CT molecular complexity index is 615. The Labute approximate surface area is 188 Å². The van der Waals surface area contributed by atoms with E-state index in [2.05, 4.69) is 22.2 Å². The predicted octanol–water partition coefficient (Wildman–Crippen LogP) is 3.52. The van der Waals surface area contributed by atoms with Gasteiger partial charge in [0.15, 0.2) is 0 Å². The first-order valence-corrected chi connectivity index (χ1v) is 9.58. The summed E-state index contributed by atoms with van der Waals surface area (Å²) >= 11 is 0. The fourth-order valence-electron chi connectivity index (χ4n) is 4.23. The van der Waals surface area contributed by atoms with Gasteiger partial charge < -0.3 is 16.0 Å². The molecular formula is C20H35Cl3N4O. The summed E-state index contributed by atoms with van der Waals surface area (Å²) in [6.45, 7) is 7.22. The number of nitrogen functional groups attached to an aromatic ring is 1. The molecule has 0 saturated carbocycles. The number of carbonyl (C=O) groups is 1. The van der Waals surface area contributed by atoms with Crippen LogP contribution < -0.4 is 11.1 Å². The van der Waals surface area contributed by atoms with Crippen LogP contribution >= 0.6 is 37.2 Å². The normalized spacial score (nSPS) is 19.5. The van der Waals surface area contributed by atoms with Gasteiger partial charge in [0.25, 0.3) is 5.91 Å². The van der Waals surface area contributed by atoms with Crippen molar-refractivity contribution in [3.8, 4) is 0 Å². The maximum absolute atomic E-state index is 12.8. The van der Waals surface area contributed by atoms with E-state index in [-0.39, 0.29) is 48.7 Å². The van der Waals surface area contributed by atoms with Gasteiger partial charge in [-0.2, -0.15) is 0 Å². The lowest BCUT2D eigenvalue weighted by Gasteiger charge is -2.50. The summed E-state index contributed by atoms with van der Waals surface area (Å²) in [4.78, 5) is 17.8. The number of benzene rings is 1. The Balaban J connectivity index is 0.00000243. The monoisotopic (exact) mass is 452 g/mol. The van der Waals surface area contributed by atoms with Gasteiger partial charge in [-0.05, 0) is 83.5 Å². The molecule has 1 aromatic rings. The van der Waals surface area contributed by atoms with E-state index in [4.69, 9.17) is 5.73 Å². The van der Waals surface area contributed by atoms with Gasteiger partial charge in [-0.3, -0.25) is 9.69 Å². The van der Waals surface area contributed by atoms with Crippen LogP contribution in [0, 0.1) is 6.92 Å². The van der Waals surface area contributed by atoms with Crippen molar-refractivity contribution in [1.29, 1.82) is 0 Å². The molecule has 5 nitrogen and oxygen atoms in total. The second-order valence-electron chi connectivity index (χ2n) is 7.83. The molecule has 2 aliphatic heterocycles. The van der Waals surface area contributed by atoms with Crippen molar-refractivity contribution in [2.24, 2.45) is 0 Å². The van der Waals surface area contributed by atoms with Crippen molar-refractivity contribution >= 4 is 48.8 Å². The zero-order valence-electron chi connectivity index (χ0n) is 16.9. The zero-order valence-corrected chi connectivity index (χ0v) is 19.4. The number of amides is 1. The summed E-state index contributed by atoms with van der Waals surface area (Å²) in [5, 5.41) is 3.24. The molecule has 8 heteroatoms. The van der Waals surface area contributed by atoms with Gasteiger partial charge in [-0.1, -0.05) is 12.5 Å². The van der Waals surface area contributed by atoms with E-state index in [1.54, 1.807) is 6.07 Å². The summed E-state index contributed by atoms with van der Waals surface area (Å²) in [5.41, 5.74) is 8.29. The number of likely N-dealkylation sites (tertiary alicyclic amines) is 2. The summed E-state index contributed by atoms with van der Waals surface area (Å²) < 4.78 is 0. The average Bonchev–Trinajstić information content (AvgIpc) is 2.64. The van der Waals surface area contributed by atoms with Gasteiger partial charge in [0.2, 0.25) is 0 Å². The molecule has 0 aromatic heterocycles. The van der Waals surface area contributed by atoms with Crippen LogP contribution in [0.2, 0.25) is 0 Å². The summed E-state index contributed by atoms with van der Waals surface area (Å²) in [7, 11) is 2.19. The number of rotatable bonds is 4. The lowest BCUT2D eigenvalue weighted by atomic mass is 9.84. The first kappa shape index (κ1) is 27.3. The van der Waals surface area contributed by atoms with Crippen LogP contribution in [-0.2, 0) is 0 Å². The number of aryl methyl sites for hydroxylation is 1. The molecule has 0 unspecified atom stereocenters. The van der Waals surface area contributed by atoms with Gasteiger partial charge in [-0.15, -0.1) is 37.2 Å². The highest BCUT2D eigenvalue weighted by molar-refractivity contribution is 5.96. The van der Waals surface area contributed by atoms with Crippen molar-refractivity contribution < 1.29 is 4.79 Å². The van der Waals surface area contributed by atoms with E-state index in [1.165, 1.54) is 19.3 Å². The molecule has 3 rings (SSSR count). The van der Waals surface area contributed by atoms with E-state index in [9.17, 15) is 4.79 Å². The third-order valence-electron chi connectivity index (χ3n) is 6.03. The van der Waals surface area contributed by atoms with Crippen molar-refractivity contribution in [3.05, 3.63) is 29.3 Å². The van der Waals surface area contributed by atoms with Gasteiger partial charge >= 0.3 is 0 Å². The molecule has 3 N–H and O–H groups in total. The van der Waals surface area contributed by atoms with Crippen LogP contribution in [0.15, 0.2) is 18.2 Å². The number of hydrogen-bond acceptors (Lipinski definition) is 4. The smallest absolute Gasteiger partial charge is 0.251 e. The highest BCUT2D eigenvalue weighted by Crippen LogP contribution is 2.31. The number of nitrogens with zero attached hydrogens (tertiary/aromatic N) is 2. The number of anilines is 1. The van der Waals surface area contributed by atoms with Crippen molar-refractivity contribution in [1.82, 2.24) is 15.1 Å². The molecule has 162 valence electrons. The molecule has 1 aromatic carbocycles. The molecule has 2 heterocycles. The number of hydrogen-bond donors (Lipinski definition) is 2. The highest BCUT2D eigenvalue weighted by atomic mass is 35.5. The molecule has 0 bridgehead atoms. The van der Waals surface area contributed by atoms with Crippen molar-refractivity contribution in [2.75, 3.05) is 45.5 Å². The van der Waals surface area contributed by atoms with Crippen LogP contribution in [0.4, 0.5) is 5.69 Å². The van der Waals surface area contributed by atoms with Crippen LogP contribution in [0.25, 0.3) is 0 Å². The fourth-order valence-corrected chi connectivity index (χ4v) is 4.23.